The monoisotopic (exact) mass is 364 g/mol. The average Bonchev–Trinajstić information content (AvgIpc) is 3.03. The zero-order chi connectivity index (χ0) is 19.2. The van der Waals surface area contributed by atoms with Crippen LogP contribution in [0.15, 0.2) is 60.8 Å². The summed E-state index contributed by atoms with van der Waals surface area (Å²) < 4.78 is 7.29. The predicted molar refractivity (Wildman–Crippen MR) is 105 cm³/mol. The number of carbonyl (C=O) groups is 2. The molecule has 0 aliphatic carbocycles. The van der Waals surface area contributed by atoms with E-state index in [-0.39, 0.29) is 19.1 Å². The van der Waals surface area contributed by atoms with Crippen LogP contribution in [0.25, 0.3) is 10.9 Å². The highest BCUT2D eigenvalue weighted by atomic mass is 16.5. The molecule has 1 amide bonds. The van der Waals surface area contributed by atoms with Crippen LogP contribution < -0.4 is 5.32 Å². The third-order valence-corrected chi connectivity index (χ3v) is 4.23. The summed E-state index contributed by atoms with van der Waals surface area (Å²) in [6.07, 6.45) is 1.86. The highest BCUT2D eigenvalue weighted by Gasteiger charge is 2.16. The zero-order valence-electron chi connectivity index (χ0n) is 15.6. The lowest BCUT2D eigenvalue weighted by Crippen LogP contribution is -2.30. The van der Waals surface area contributed by atoms with E-state index in [1.54, 1.807) is 0 Å². The largest absolute Gasteiger partial charge is 0.460 e. The molecule has 1 heterocycles. The maximum Gasteiger partial charge on any atom is 0.325 e. The second kappa shape index (κ2) is 8.54. The van der Waals surface area contributed by atoms with E-state index in [1.165, 1.54) is 0 Å². The van der Waals surface area contributed by atoms with Crippen molar-refractivity contribution in [3.05, 3.63) is 71.9 Å². The molecule has 2 aromatic carbocycles. The summed E-state index contributed by atoms with van der Waals surface area (Å²) in [6.45, 7) is 5.14. The first-order chi connectivity index (χ1) is 13.0. The van der Waals surface area contributed by atoms with E-state index in [0.29, 0.717) is 11.5 Å². The second-order valence-corrected chi connectivity index (χ2v) is 6.94. The van der Waals surface area contributed by atoms with Crippen molar-refractivity contribution < 1.29 is 14.3 Å². The maximum absolute atomic E-state index is 12.6. The molecule has 0 spiro atoms. The number of para-hydroxylation sites is 1. The van der Waals surface area contributed by atoms with Gasteiger partial charge in [-0.1, -0.05) is 62.4 Å². The lowest BCUT2D eigenvalue weighted by Gasteiger charge is -2.07. The summed E-state index contributed by atoms with van der Waals surface area (Å²) in [7, 11) is 0. The fraction of sp³-hybridized carbons (Fsp3) is 0.273. The quantitative estimate of drug-likeness (QED) is 0.649. The highest BCUT2D eigenvalue weighted by molar-refractivity contribution is 6.07. The van der Waals surface area contributed by atoms with E-state index in [9.17, 15) is 9.59 Å². The first-order valence-corrected chi connectivity index (χ1v) is 9.10. The van der Waals surface area contributed by atoms with Gasteiger partial charge in [-0.05, 0) is 17.5 Å². The first kappa shape index (κ1) is 18.7. The van der Waals surface area contributed by atoms with Crippen LogP contribution in [0.4, 0.5) is 0 Å². The molecule has 0 aliphatic heterocycles. The van der Waals surface area contributed by atoms with E-state index >= 15 is 0 Å². The molecule has 0 atom stereocenters. The van der Waals surface area contributed by atoms with E-state index in [1.807, 2.05) is 60.8 Å². The van der Waals surface area contributed by atoms with Gasteiger partial charge < -0.3 is 14.6 Å². The van der Waals surface area contributed by atoms with Crippen LogP contribution in [0.5, 0.6) is 0 Å². The van der Waals surface area contributed by atoms with E-state index in [4.69, 9.17) is 4.74 Å². The second-order valence-electron chi connectivity index (χ2n) is 6.94. The topological polar surface area (TPSA) is 60.3 Å². The van der Waals surface area contributed by atoms with Crippen molar-refractivity contribution in [3.8, 4) is 0 Å². The number of esters is 1. The van der Waals surface area contributed by atoms with Crippen molar-refractivity contribution in [2.24, 2.45) is 5.92 Å². The standard InChI is InChI=1S/C22H24N2O3/c1-16(2)13-24-14-19(18-10-6-7-11-20(18)24)22(26)23-12-21(25)27-15-17-8-4-3-5-9-17/h3-11,14,16H,12-13,15H2,1-2H3,(H,23,26). The molecule has 0 unspecified atom stereocenters. The van der Waals surface area contributed by atoms with E-state index in [2.05, 4.69) is 23.7 Å². The third kappa shape index (κ3) is 4.76. The Labute approximate surface area is 158 Å². The lowest BCUT2D eigenvalue weighted by atomic mass is 10.1. The molecule has 3 aromatic rings. The van der Waals surface area contributed by atoms with Gasteiger partial charge in [-0.25, -0.2) is 0 Å². The Morgan fingerprint density at radius 3 is 2.48 bits per heavy atom. The van der Waals surface area contributed by atoms with Crippen LogP contribution in [0, 0.1) is 5.92 Å². The van der Waals surface area contributed by atoms with Gasteiger partial charge in [0.2, 0.25) is 0 Å². The summed E-state index contributed by atoms with van der Waals surface area (Å²) in [5, 5.41) is 3.55. The molecule has 1 aromatic heterocycles. The SMILES string of the molecule is CC(C)Cn1cc(C(=O)NCC(=O)OCc2ccccc2)c2ccccc21. The van der Waals surface area contributed by atoms with Gasteiger partial charge in [0.1, 0.15) is 13.2 Å². The van der Waals surface area contributed by atoms with E-state index in [0.717, 1.165) is 23.0 Å². The van der Waals surface area contributed by atoms with Crippen LogP contribution in [0.1, 0.15) is 29.8 Å². The molecule has 1 N–H and O–H groups in total. The van der Waals surface area contributed by atoms with Gasteiger partial charge in [0.05, 0.1) is 5.56 Å². The average molecular weight is 364 g/mol. The number of aromatic nitrogens is 1. The fourth-order valence-electron chi connectivity index (χ4n) is 3.01. The van der Waals surface area contributed by atoms with Gasteiger partial charge in [-0.15, -0.1) is 0 Å². The molecule has 27 heavy (non-hydrogen) atoms. The Morgan fingerprint density at radius 2 is 1.74 bits per heavy atom. The zero-order valence-corrected chi connectivity index (χ0v) is 15.6. The van der Waals surface area contributed by atoms with Gasteiger partial charge in [-0.2, -0.15) is 0 Å². The minimum absolute atomic E-state index is 0.157. The molecule has 140 valence electrons. The van der Waals surface area contributed by atoms with Crippen LogP contribution in [-0.4, -0.2) is 23.0 Å². The van der Waals surface area contributed by atoms with Gasteiger partial charge >= 0.3 is 5.97 Å². The van der Waals surface area contributed by atoms with Crippen molar-refractivity contribution in [2.75, 3.05) is 6.54 Å². The number of nitrogens with zero attached hydrogens (tertiary/aromatic N) is 1. The number of fused-ring (bicyclic) bond motifs is 1. The van der Waals surface area contributed by atoms with Crippen LogP contribution in [-0.2, 0) is 22.7 Å². The van der Waals surface area contributed by atoms with Crippen molar-refractivity contribution in [1.82, 2.24) is 9.88 Å². The first-order valence-electron chi connectivity index (χ1n) is 9.10. The molecule has 0 radical (unpaired) electrons. The number of benzene rings is 2. The van der Waals surface area contributed by atoms with Crippen molar-refractivity contribution in [3.63, 3.8) is 0 Å². The van der Waals surface area contributed by atoms with Crippen LogP contribution in [0.3, 0.4) is 0 Å². The Kier molecular flexibility index (Phi) is 5.91. The number of ether oxygens (including phenoxy) is 1. The molecule has 0 saturated carbocycles. The molecule has 3 rings (SSSR count). The summed E-state index contributed by atoms with van der Waals surface area (Å²) in [6, 6.07) is 17.2. The van der Waals surface area contributed by atoms with Crippen molar-refractivity contribution in [2.45, 2.75) is 27.0 Å². The van der Waals surface area contributed by atoms with Gasteiger partial charge in [-0.3, -0.25) is 9.59 Å². The fourth-order valence-corrected chi connectivity index (χ4v) is 3.01. The number of amides is 1. The lowest BCUT2D eigenvalue weighted by molar-refractivity contribution is -0.143. The molecule has 5 nitrogen and oxygen atoms in total. The smallest absolute Gasteiger partial charge is 0.325 e. The number of nitrogens with one attached hydrogen (secondary N) is 1. The summed E-state index contributed by atoms with van der Waals surface area (Å²) >= 11 is 0. The number of hydrogen-bond donors (Lipinski definition) is 1. The number of carbonyl (C=O) groups excluding carboxylic acids is 2. The Morgan fingerprint density at radius 1 is 1.04 bits per heavy atom. The highest BCUT2D eigenvalue weighted by Crippen LogP contribution is 2.22. The summed E-state index contributed by atoms with van der Waals surface area (Å²) in [5.41, 5.74) is 2.50. The molecule has 0 aliphatic rings. The van der Waals surface area contributed by atoms with Crippen molar-refractivity contribution >= 4 is 22.8 Å². The summed E-state index contributed by atoms with van der Waals surface area (Å²) in [5.74, 6) is -0.270. The predicted octanol–water partition coefficient (Wildman–Crippen LogP) is 3.77. The minimum Gasteiger partial charge on any atom is -0.460 e. The Hall–Kier alpha value is -3.08. The molecule has 0 saturated heterocycles. The van der Waals surface area contributed by atoms with Gasteiger partial charge in [0, 0.05) is 23.6 Å². The normalized spacial score (nSPS) is 10.9. The molecule has 5 heteroatoms. The number of hydrogen-bond acceptors (Lipinski definition) is 3. The Balaban J connectivity index is 1.63. The van der Waals surface area contributed by atoms with Gasteiger partial charge in [0.25, 0.3) is 5.91 Å². The molecule has 0 fully saturated rings. The van der Waals surface area contributed by atoms with Crippen LogP contribution >= 0.6 is 0 Å². The molecule has 0 bridgehead atoms. The van der Waals surface area contributed by atoms with E-state index < -0.39 is 5.97 Å². The maximum atomic E-state index is 12.6. The van der Waals surface area contributed by atoms with Crippen LogP contribution in [0.2, 0.25) is 0 Å². The molecular formula is C22H24N2O3. The van der Waals surface area contributed by atoms with Gasteiger partial charge in [0.15, 0.2) is 0 Å². The van der Waals surface area contributed by atoms with Crippen molar-refractivity contribution in [1.29, 1.82) is 0 Å². The molecular weight excluding hydrogens is 340 g/mol. The Bertz CT molecular complexity index is 929. The third-order valence-electron chi connectivity index (χ3n) is 4.23. The summed E-state index contributed by atoms with van der Waals surface area (Å²) in [4.78, 5) is 24.5. The minimum atomic E-state index is -0.460. The number of rotatable bonds is 7.